The number of aromatic nitrogens is 2. The van der Waals surface area contributed by atoms with E-state index in [-0.39, 0.29) is 5.56 Å². The lowest BCUT2D eigenvalue weighted by atomic mass is 10.0. The number of hydrazine groups is 1. The van der Waals surface area contributed by atoms with E-state index in [0.717, 1.165) is 35.4 Å². The molecule has 2 rings (SSSR count). The topological polar surface area (TPSA) is 63.8 Å². The average molecular weight is 270 g/mol. The fourth-order valence-corrected chi connectivity index (χ4v) is 2.54. The van der Waals surface area contributed by atoms with Gasteiger partial charge in [0.25, 0.3) is 0 Å². The number of hydrogen-bond donors (Lipinski definition) is 2. The van der Waals surface area contributed by atoms with Gasteiger partial charge in [0.2, 0.25) is 0 Å². The van der Waals surface area contributed by atoms with Crippen LogP contribution in [0, 0.1) is 11.6 Å². The zero-order chi connectivity index (χ0) is 13.1. The summed E-state index contributed by atoms with van der Waals surface area (Å²) in [6.45, 7) is 1.91. The summed E-state index contributed by atoms with van der Waals surface area (Å²) in [5.74, 6) is 4.42. The van der Waals surface area contributed by atoms with Crippen molar-refractivity contribution in [2.45, 2.75) is 19.4 Å². The Bertz CT molecular complexity index is 544. The maximum atomic E-state index is 13.7. The van der Waals surface area contributed by atoms with E-state index in [1.165, 1.54) is 0 Å². The molecular formula is C11H12F2N4S. The van der Waals surface area contributed by atoms with E-state index in [9.17, 15) is 8.78 Å². The molecule has 0 aliphatic heterocycles. The molecule has 0 aliphatic rings. The van der Waals surface area contributed by atoms with Gasteiger partial charge < -0.3 is 0 Å². The molecule has 18 heavy (non-hydrogen) atoms. The first-order valence-electron chi connectivity index (χ1n) is 5.39. The molecular weight excluding hydrogens is 258 g/mol. The van der Waals surface area contributed by atoms with E-state index in [0.29, 0.717) is 11.3 Å². The molecule has 0 amide bonds. The van der Waals surface area contributed by atoms with Gasteiger partial charge >= 0.3 is 0 Å². The van der Waals surface area contributed by atoms with Gasteiger partial charge in [0.15, 0.2) is 0 Å². The Kier molecular flexibility index (Phi) is 3.95. The van der Waals surface area contributed by atoms with Crippen LogP contribution in [0.3, 0.4) is 0 Å². The van der Waals surface area contributed by atoms with Crippen LogP contribution in [0.5, 0.6) is 0 Å². The molecule has 2 aromatic rings. The Morgan fingerprint density at radius 2 is 2.22 bits per heavy atom. The monoisotopic (exact) mass is 270 g/mol. The third-order valence-electron chi connectivity index (χ3n) is 2.62. The third kappa shape index (κ3) is 2.38. The molecule has 3 N–H and O–H groups in total. The summed E-state index contributed by atoms with van der Waals surface area (Å²) in [7, 11) is 0. The van der Waals surface area contributed by atoms with Gasteiger partial charge in [0, 0.05) is 5.56 Å². The molecule has 1 unspecified atom stereocenters. The van der Waals surface area contributed by atoms with Crippen LogP contribution < -0.4 is 11.3 Å². The van der Waals surface area contributed by atoms with Crippen molar-refractivity contribution in [1.82, 2.24) is 15.0 Å². The first kappa shape index (κ1) is 13.0. The molecule has 0 aliphatic carbocycles. The molecule has 1 aromatic carbocycles. The lowest BCUT2D eigenvalue weighted by Crippen LogP contribution is -2.29. The second kappa shape index (κ2) is 5.47. The molecule has 96 valence electrons. The average Bonchev–Trinajstić information content (AvgIpc) is 2.83. The second-order valence-corrected chi connectivity index (χ2v) is 4.49. The first-order chi connectivity index (χ1) is 8.67. The summed E-state index contributed by atoms with van der Waals surface area (Å²) in [4.78, 5) is 0.699. The number of nitrogens with one attached hydrogen (secondary N) is 1. The molecule has 1 atom stereocenters. The fourth-order valence-electron chi connectivity index (χ4n) is 1.72. The van der Waals surface area contributed by atoms with E-state index < -0.39 is 17.7 Å². The van der Waals surface area contributed by atoms with Gasteiger partial charge in [-0.2, -0.15) is 0 Å². The molecule has 1 aromatic heterocycles. The molecule has 4 nitrogen and oxygen atoms in total. The van der Waals surface area contributed by atoms with Crippen molar-refractivity contribution < 1.29 is 8.78 Å². The number of halogens is 2. The van der Waals surface area contributed by atoms with Crippen LogP contribution in [0.15, 0.2) is 18.2 Å². The molecule has 7 heteroatoms. The van der Waals surface area contributed by atoms with Crippen molar-refractivity contribution in [1.29, 1.82) is 0 Å². The van der Waals surface area contributed by atoms with E-state index in [1.807, 2.05) is 6.92 Å². The lowest BCUT2D eigenvalue weighted by molar-refractivity contribution is 0.547. The number of rotatable bonds is 4. The number of aryl methyl sites for hydroxylation is 1. The SMILES string of the molecule is CCc1nnsc1C(NN)c1cc(F)ccc1F. The Morgan fingerprint density at radius 3 is 2.89 bits per heavy atom. The highest BCUT2D eigenvalue weighted by Gasteiger charge is 2.22. The number of benzene rings is 1. The molecule has 0 spiro atoms. The Hall–Kier alpha value is -1.44. The Balaban J connectivity index is 2.48. The van der Waals surface area contributed by atoms with E-state index in [2.05, 4.69) is 15.0 Å². The highest BCUT2D eigenvalue weighted by molar-refractivity contribution is 7.05. The van der Waals surface area contributed by atoms with Crippen molar-refractivity contribution >= 4 is 11.5 Å². The Morgan fingerprint density at radius 1 is 1.44 bits per heavy atom. The third-order valence-corrected chi connectivity index (χ3v) is 3.45. The maximum absolute atomic E-state index is 13.7. The van der Waals surface area contributed by atoms with Crippen LogP contribution in [0.2, 0.25) is 0 Å². The molecule has 0 saturated carbocycles. The fraction of sp³-hybridized carbons (Fsp3) is 0.273. The summed E-state index contributed by atoms with van der Waals surface area (Å²) in [6.07, 6.45) is 0.654. The van der Waals surface area contributed by atoms with Crippen molar-refractivity contribution in [3.63, 3.8) is 0 Å². The van der Waals surface area contributed by atoms with Crippen LogP contribution in [0.1, 0.15) is 29.1 Å². The van der Waals surface area contributed by atoms with Gasteiger partial charge in [0.1, 0.15) is 11.6 Å². The smallest absolute Gasteiger partial charge is 0.128 e. The minimum atomic E-state index is -0.643. The highest BCUT2D eigenvalue weighted by Crippen LogP contribution is 2.28. The van der Waals surface area contributed by atoms with Crippen LogP contribution in [0.25, 0.3) is 0 Å². The molecule has 0 fully saturated rings. The predicted octanol–water partition coefficient (Wildman–Crippen LogP) is 1.93. The number of nitrogens with two attached hydrogens (primary N) is 1. The largest absolute Gasteiger partial charge is 0.271 e. The molecule has 0 bridgehead atoms. The summed E-state index contributed by atoms with van der Waals surface area (Å²) in [5, 5.41) is 3.94. The molecule has 0 saturated heterocycles. The summed E-state index contributed by atoms with van der Waals surface area (Å²) in [6, 6.07) is 2.63. The minimum Gasteiger partial charge on any atom is -0.271 e. The normalized spacial score (nSPS) is 12.7. The van der Waals surface area contributed by atoms with Gasteiger partial charge in [-0.15, -0.1) is 5.10 Å². The van der Waals surface area contributed by atoms with E-state index >= 15 is 0 Å². The van der Waals surface area contributed by atoms with Crippen LogP contribution >= 0.6 is 11.5 Å². The van der Waals surface area contributed by atoms with Crippen molar-refractivity contribution in [2.75, 3.05) is 0 Å². The maximum Gasteiger partial charge on any atom is 0.128 e. The highest BCUT2D eigenvalue weighted by atomic mass is 32.1. The van der Waals surface area contributed by atoms with Crippen LogP contribution in [-0.4, -0.2) is 9.59 Å². The summed E-state index contributed by atoms with van der Waals surface area (Å²) < 4.78 is 30.8. The van der Waals surface area contributed by atoms with Gasteiger partial charge in [-0.25, -0.2) is 14.2 Å². The van der Waals surface area contributed by atoms with Gasteiger partial charge in [0.05, 0.1) is 16.6 Å². The number of nitrogens with zero attached hydrogens (tertiary/aromatic N) is 2. The van der Waals surface area contributed by atoms with Gasteiger partial charge in [-0.1, -0.05) is 11.4 Å². The number of hydrogen-bond acceptors (Lipinski definition) is 5. The Labute approximate surface area is 107 Å². The van der Waals surface area contributed by atoms with Crippen molar-refractivity contribution in [2.24, 2.45) is 5.84 Å². The van der Waals surface area contributed by atoms with Crippen LogP contribution in [0.4, 0.5) is 8.78 Å². The van der Waals surface area contributed by atoms with E-state index in [4.69, 9.17) is 5.84 Å². The van der Waals surface area contributed by atoms with E-state index in [1.54, 1.807) is 0 Å². The molecule has 0 radical (unpaired) electrons. The van der Waals surface area contributed by atoms with Gasteiger partial charge in [-0.05, 0) is 36.2 Å². The quantitative estimate of drug-likeness (QED) is 0.658. The predicted molar refractivity (Wildman–Crippen MR) is 64.8 cm³/mol. The lowest BCUT2D eigenvalue weighted by Gasteiger charge is -2.16. The first-order valence-corrected chi connectivity index (χ1v) is 6.17. The van der Waals surface area contributed by atoms with Gasteiger partial charge in [-0.3, -0.25) is 5.84 Å². The minimum absolute atomic E-state index is 0.151. The van der Waals surface area contributed by atoms with Crippen molar-refractivity contribution in [3.8, 4) is 0 Å². The van der Waals surface area contributed by atoms with Crippen molar-refractivity contribution in [3.05, 3.63) is 46.0 Å². The standard InChI is InChI=1S/C11H12F2N4S/c1-2-9-11(18-17-16-9)10(15-14)7-5-6(12)3-4-8(7)13/h3-5,10,15H,2,14H2,1H3. The summed E-state index contributed by atoms with van der Waals surface area (Å²) in [5.41, 5.74) is 3.37. The second-order valence-electron chi connectivity index (χ2n) is 3.70. The zero-order valence-electron chi connectivity index (χ0n) is 9.65. The van der Waals surface area contributed by atoms with Crippen LogP contribution in [-0.2, 0) is 6.42 Å². The zero-order valence-corrected chi connectivity index (χ0v) is 10.5. The molecule has 1 heterocycles. The summed E-state index contributed by atoms with van der Waals surface area (Å²) >= 11 is 1.12.